The number of nitro groups is 1. The van der Waals surface area contributed by atoms with Gasteiger partial charge in [0.05, 0.1) is 4.92 Å². The molecule has 0 spiro atoms. The normalized spacial score (nSPS) is 10.8. The number of hydrogen-bond acceptors (Lipinski definition) is 6. The third-order valence-corrected chi connectivity index (χ3v) is 3.63. The summed E-state index contributed by atoms with van der Waals surface area (Å²) in [5.41, 5.74) is 4.92. The fraction of sp³-hybridized carbons (Fsp3) is 0.231. The van der Waals surface area contributed by atoms with Gasteiger partial charge in [0.1, 0.15) is 5.69 Å². The van der Waals surface area contributed by atoms with Crippen LogP contribution in [-0.2, 0) is 13.1 Å². The zero-order chi connectivity index (χ0) is 14.5. The summed E-state index contributed by atoms with van der Waals surface area (Å²) in [4.78, 5) is 12.5. The van der Waals surface area contributed by atoms with Gasteiger partial charge in [0, 0.05) is 19.2 Å². The maximum Gasteiger partial charge on any atom is 0.293 e. The summed E-state index contributed by atoms with van der Waals surface area (Å²) in [6, 6.07) is 7.03. The molecule has 106 valence electrons. The van der Waals surface area contributed by atoms with Crippen molar-refractivity contribution >= 4 is 22.7 Å². The third-order valence-electron chi connectivity index (χ3n) is 2.90. The van der Waals surface area contributed by atoms with E-state index in [1.54, 1.807) is 23.5 Å². The Morgan fingerprint density at radius 2 is 2.10 bits per heavy atom. The smallest absolute Gasteiger partial charge is 0.293 e. The third kappa shape index (κ3) is 3.53. The molecule has 20 heavy (non-hydrogen) atoms. The Labute approximate surface area is 120 Å². The van der Waals surface area contributed by atoms with Crippen LogP contribution < -0.4 is 11.3 Å². The van der Waals surface area contributed by atoms with E-state index < -0.39 is 4.92 Å². The first-order chi connectivity index (χ1) is 9.60. The van der Waals surface area contributed by atoms with E-state index in [-0.39, 0.29) is 5.69 Å². The van der Waals surface area contributed by atoms with Gasteiger partial charge in [-0.15, -0.1) is 0 Å². The second-order valence-corrected chi connectivity index (χ2v) is 5.34. The Morgan fingerprint density at radius 3 is 2.70 bits per heavy atom. The van der Waals surface area contributed by atoms with E-state index in [0.29, 0.717) is 12.2 Å². The molecule has 1 aromatic heterocycles. The standard InChI is InChI=1S/C13H16N4O2S/c1-16(8-11-4-5-20-9-11)7-10-2-3-13(17(18)19)12(6-10)15-14/h2-6,9,15H,7-8,14H2,1H3. The van der Waals surface area contributed by atoms with Gasteiger partial charge >= 0.3 is 0 Å². The Kier molecular flexibility index (Phi) is 4.67. The molecule has 3 N–H and O–H groups in total. The van der Waals surface area contributed by atoms with E-state index in [1.807, 2.05) is 12.4 Å². The minimum Gasteiger partial charge on any atom is -0.318 e. The van der Waals surface area contributed by atoms with Crippen LogP contribution in [0.1, 0.15) is 11.1 Å². The Balaban J connectivity index is 2.07. The van der Waals surface area contributed by atoms with Gasteiger partial charge in [-0.25, -0.2) is 0 Å². The molecule has 0 unspecified atom stereocenters. The van der Waals surface area contributed by atoms with Crippen LogP contribution in [0.2, 0.25) is 0 Å². The summed E-state index contributed by atoms with van der Waals surface area (Å²) < 4.78 is 0. The predicted molar refractivity (Wildman–Crippen MR) is 80.4 cm³/mol. The van der Waals surface area contributed by atoms with Crippen LogP contribution in [-0.4, -0.2) is 16.9 Å². The Bertz CT molecular complexity index is 586. The van der Waals surface area contributed by atoms with Crippen molar-refractivity contribution in [3.63, 3.8) is 0 Å². The first-order valence-electron chi connectivity index (χ1n) is 6.03. The molecule has 1 heterocycles. The second-order valence-electron chi connectivity index (χ2n) is 4.56. The van der Waals surface area contributed by atoms with E-state index in [4.69, 9.17) is 5.84 Å². The number of rotatable bonds is 6. The number of thiophene rings is 1. The summed E-state index contributed by atoms with van der Waals surface area (Å²) >= 11 is 1.67. The van der Waals surface area contributed by atoms with Crippen LogP contribution >= 0.6 is 11.3 Å². The van der Waals surface area contributed by atoms with Crippen LogP contribution in [0.25, 0.3) is 0 Å². The van der Waals surface area contributed by atoms with Crippen LogP contribution in [0, 0.1) is 10.1 Å². The zero-order valence-electron chi connectivity index (χ0n) is 11.1. The van der Waals surface area contributed by atoms with Crippen LogP contribution in [0.4, 0.5) is 11.4 Å². The van der Waals surface area contributed by atoms with Gasteiger partial charge in [-0.1, -0.05) is 6.07 Å². The van der Waals surface area contributed by atoms with E-state index in [2.05, 4.69) is 21.8 Å². The molecule has 0 atom stereocenters. The van der Waals surface area contributed by atoms with E-state index >= 15 is 0 Å². The summed E-state index contributed by atoms with van der Waals surface area (Å²) in [5, 5.41) is 15.0. The first kappa shape index (κ1) is 14.4. The molecule has 0 aliphatic carbocycles. The molecule has 0 radical (unpaired) electrons. The fourth-order valence-electron chi connectivity index (χ4n) is 2.02. The van der Waals surface area contributed by atoms with Gasteiger partial charge in [0.15, 0.2) is 0 Å². The number of nitro benzene ring substituents is 1. The van der Waals surface area contributed by atoms with Gasteiger partial charge < -0.3 is 5.43 Å². The molecule has 7 heteroatoms. The van der Waals surface area contributed by atoms with Crippen molar-refractivity contribution in [2.75, 3.05) is 12.5 Å². The van der Waals surface area contributed by atoms with Crippen LogP contribution in [0.5, 0.6) is 0 Å². The molecular weight excluding hydrogens is 276 g/mol. The average Bonchev–Trinajstić information content (AvgIpc) is 2.90. The minimum atomic E-state index is -0.450. The van der Waals surface area contributed by atoms with Crippen molar-refractivity contribution in [2.24, 2.45) is 5.84 Å². The summed E-state index contributed by atoms with van der Waals surface area (Å²) in [5.74, 6) is 5.33. The maximum absolute atomic E-state index is 10.8. The summed E-state index contributed by atoms with van der Waals surface area (Å²) in [7, 11) is 2.01. The van der Waals surface area contributed by atoms with E-state index in [1.165, 1.54) is 11.6 Å². The molecule has 1 aromatic carbocycles. The molecule has 2 rings (SSSR count). The molecule has 0 bridgehead atoms. The van der Waals surface area contributed by atoms with Crippen molar-refractivity contribution in [2.45, 2.75) is 13.1 Å². The monoisotopic (exact) mass is 292 g/mol. The molecule has 0 aliphatic rings. The van der Waals surface area contributed by atoms with E-state index in [9.17, 15) is 10.1 Å². The number of hydrazine groups is 1. The van der Waals surface area contributed by atoms with Crippen molar-refractivity contribution in [3.05, 3.63) is 56.3 Å². The molecule has 0 fully saturated rings. The lowest BCUT2D eigenvalue weighted by Crippen LogP contribution is -2.17. The van der Waals surface area contributed by atoms with E-state index in [0.717, 1.165) is 12.1 Å². The molecule has 2 aromatic rings. The van der Waals surface area contributed by atoms with Gasteiger partial charge in [-0.3, -0.25) is 20.9 Å². The van der Waals surface area contributed by atoms with Crippen molar-refractivity contribution in [3.8, 4) is 0 Å². The topological polar surface area (TPSA) is 84.4 Å². The van der Waals surface area contributed by atoms with Gasteiger partial charge in [0.2, 0.25) is 0 Å². The van der Waals surface area contributed by atoms with Crippen molar-refractivity contribution in [1.82, 2.24) is 4.90 Å². The van der Waals surface area contributed by atoms with Crippen molar-refractivity contribution < 1.29 is 4.92 Å². The SMILES string of the molecule is CN(Cc1ccsc1)Cc1ccc([N+](=O)[O-])c(NN)c1. The van der Waals surface area contributed by atoms with Crippen LogP contribution in [0.15, 0.2) is 35.0 Å². The number of nitrogens with two attached hydrogens (primary N) is 1. The quantitative estimate of drug-likeness (QED) is 0.485. The molecular formula is C13H16N4O2S. The number of nitrogens with zero attached hydrogens (tertiary/aromatic N) is 2. The summed E-state index contributed by atoms with van der Waals surface area (Å²) in [6.07, 6.45) is 0. The number of benzene rings is 1. The minimum absolute atomic E-state index is 0.0169. The molecule has 0 amide bonds. The zero-order valence-corrected chi connectivity index (χ0v) is 11.9. The first-order valence-corrected chi connectivity index (χ1v) is 6.98. The average molecular weight is 292 g/mol. The molecule has 6 nitrogen and oxygen atoms in total. The van der Waals surface area contributed by atoms with Crippen LogP contribution in [0.3, 0.4) is 0 Å². The maximum atomic E-state index is 10.8. The Morgan fingerprint density at radius 1 is 1.35 bits per heavy atom. The number of nitrogen functional groups attached to an aromatic ring is 1. The molecule has 0 aliphatic heterocycles. The lowest BCUT2D eigenvalue weighted by atomic mass is 10.1. The number of nitrogens with one attached hydrogen (secondary N) is 1. The van der Waals surface area contributed by atoms with Crippen molar-refractivity contribution in [1.29, 1.82) is 0 Å². The second kappa shape index (κ2) is 6.47. The van der Waals surface area contributed by atoms with Gasteiger partial charge in [0.25, 0.3) is 5.69 Å². The summed E-state index contributed by atoms with van der Waals surface area (Å²) in [6.45, 7) is 1.54. The number of hydrogen-bond donors (Lipinski definition) is 2. The van der Waals surface area contributed by atoms with Gasteiger partial charge in [-0.05, 0) is 41.1 Å². The Hall–Kier alpha value is -1.96. The highest BCUT2D eigenvalue weighted by molar-refractivity contribution is 7.07. The lowest BCUT2D eigenvalue weighted by molar-refractivity contribution is -0.384. The predicted octanol–water partition coefficient (Wildman–Crippen LogP) is 2.57. The highest BCUT2D eigenvalue weighted by atomic mass is 32.1. The lowest BCUT2D eigenvalue weighted by Gasteiger charge is -2.16. The fourth-order valence-corrected chi connectivity index (χ4v) is 2.68. The number of anilines is 1. The highest BCUT2D eigenvalue weighted by Gasteiger charge is 2.13. The molecule has 0 saturated carbocycles. The largest absolute Gasteiger partial charge is 0.318 e. The highest BCUT2D eigenvalue weighted by Crippen LogP contribution is 2.25. The van der Waals surface area contributed by atoms with Gasteiger partial charge in [-0.2, -0.15) is 11.3 Å². The molecule has 0 saturated heterocycles.